The molecule has 1 heterocycles. The van der Waals surface area contributed by atoms with Gasteiger partial charge in [-0.1, -0.05) is 43.5 Å². The van der Waals surface area contributed by atoms with Crippen molar-refractivity contribution in [2.75, 3.05) is 19.0 Å². The Kier molecular flexibility index (Phi) is 4.39. The summed E-state index contributed by atoms with van der Waals surface area (Å²) in [6.07, 6.45) is 6.68. The number of benzene rings is 1. The van der Waals surface area contributed by atoms with Crippen LogP contribution in [0.4, 0.5) is 5.82 Å². The third-order valence-electron chi connectivity index (χ3n) is 4.59. The number of nitrogens with zero attached hydrogens (tertiary/aromatic N) is 2. The summed E-state index contributed by atoms with van der Waals surface area (Å²) in [6.45, 7) is 0.816. The zero-order chi connectivity index (χ0) is 14.7. The molecular formula is C18H25N3. The van der Waals surface area contributed by atoms with E-state index in [0.717, 1.165) is 18.1 Å². The van der Waals surface area contributed by atoms with Crippen LogP contribution in [0.2, 0.25) is 0 Å². The predicted molar refractivity (Wildman–Crippen MR) is 89.8 cm³/mol. The van der Waals surface area contributed by atoms with Crippen molar-refractivity contribution < 1.29 is 0 Å². The molecule has 1 N–H and O–H groups in total. The van der Waals surface area contributed by atoms with Gasteiger partial charge < -0.3 is 10.2 Å². The molecule has 0 radical (unpaired) electrons. The minimum absolute atomic E-state index is 0.638. The molecule has 0 unspecified atom stereocenters. The van der Waals surface area contributed by atoms with Crippen LogP contribution in [0.1, 0.15) is 37.8 Å². The monoisotopic (exact) mass is 283 g/mol. The normalized spacial score (nSPS) is 16.3. The molecule has 1 aliphatic carbocycles. The van der Waals surface area contributed by atoms with Crippen LogP contribution in [0.5, 0.6) is 0 Å². The highest BCUT2D eigenvalue weighted by Gasteiger charge is 2.21. The second-order valence-electron chi connectivity index (χ2n) is 6.09. The predicted octanol–water partition coefficient (Wildman–Crippen LogP) is 3.72. The Morgan fingerprint density at radius 2 is 1.95 bits per heavy atom. The summed E-state index contributed by atoms with van der Waals surface area (Å²) in [5.41, 5.74) is 1.12. The van der Waals surface area contributed by atoms with E-state index < -0.39 is 0 Å². The van der Waals surface area contributed by atoms with E-state index in [-0.39, 0.29) is 0 Å². The van der Waals surface area contributed by atoms with Crippen LogP contribution >= 0.6 is 0 Å². The van der Waals surface area contributed by atoms with Crippen molar-refractivity contribution in [3.05, 3.63) is 36.0 Å². The standard InChI is InChI=1S/C18H25N3/c1-19-13-15-12-14-8-6-7-11-17(14)18(20-15)21(2)16-9-4-3-5-10-16/h6-8,11-12,16,19H,3-5,9-10,13H2,1-2H3. The van der Waals surface area contributed by atoms with Crippen molar-refractivity contribution >= 4 is 16.6 Å². The molecule has 1 aromatic carbocycles. The Hall–Kier alpha value is -1.61. The number of anilines is 1. The Bertz CT molecular complexity index is 602. The fourth-order valence-electron chi connectivity index (χ4n) is 3.42. The van der Waals surface area contributed by atoms with Crippen LogP contribution in [-0.2, 0) is 6.54 Å². The molecule has 0 atom stereocenters. The van der Waals surface area contributed by atoms with Crippen molar-refractivity contribution in [1.29, 1.82) is 0 Å². The molecular weight excluding hydrogens is 258 g/mol. The molecule has 0 saturated heterocycles. The third-order valence-corrected chi connectivity index (χ3v) is 4.59. The molecule has 3 nitrogen and oxygen atoms in total. The number of nitrogens with one attached hydrogen (secondary N) is 1. The van der Waals surface area contributed by atoms with Crippen LogP contribution in [-0.4, -0.2) is 25.1 Å². The largest absolute Gasteiger partial charge is 0.356 e. The number of fused-ring (bicyclic) bond motifs is 1. The maximum absolute atomic E-state index is 4.93. The van der Waals surface area contributed by atoms with E-state index in [4.69, 9.17) is 4.98 Å². The van der Waals surface area contributed by atoms with E-state index in [2.05, 4.69) is 47.6 Å². The summed E-state index contributed by atoms with van der Waals surface area (Å²) >= 11 is 0. The summed E-state index contributed by atoms with van der Waals surface area (Å²) in [6, 6.07) is 11.4. The Morgan fingerprint density at radius 3 is 2.71 bits per heavy atom. The lowest BCUT2D eigenvalue weighted by atomic mass is 9.94. The molecule has 1 saturated carbocycles. The van der Waals surface area contributed by atoms with Crippen LogP contribution in [0, 0.1) is 0 Å². The first-order valence-electron chi connectivity index (χ1n) is 8.05. The van der Waals surface area contributed by atoms with Gasteiger partial charge in [0.1, 0.15) is 5.82 Å². The quantitative estimate of drug-likeness (QED) is 0.927. The maximum Gasteiger partial charge on any atom is 0.136 e. The van der Waals surface area contributed by atoms with E-state index in [0.29, 0.717) is 6.04 Å². The topological polar surface area (TPSA) is 28.2 Å². The molecule has 3 heteroatoms. The summed E-state index contributed by atoms with van der Waals surface area (Å²) < 4.78 is 0. The molecule has 21 heavy (non-hydrogen) atoms. The maximum atomic E-state index is 4.93. The molecule has 0 spiro atoms. The number of hydrogen-bond donors (Lipinski definition) is 1. The lowest BCUT2D eigenvalue weighted by Crippen LogP contribution is -2.34. The van der Waals surface area contributed by atoms with Crippen LogP contribution in [0.15, 0.2) is 30.3 Å². The molecule has 2 aromatic rings. The molecule has 1 aliphatic rings. The van der Waals surface area contributed by atoms with E-state index in [9.17, 15) is 0 Å². The van der Waals surface area contributed by atoms with Gasteiger partial charge in [-0.3, -0.25) is 0 Å². The molecule has 1 aromatic heterocycles. The van der Waals surface area contributed by atoms with E-state index in [1.807, 2.05) is 7.05 Å². The zero-order valence-electron chi connectivity index (χ0n) is 13.1. The van der Waals surface area contributed by atoms with Crippen molar-refractivity contribution in [2.45, 2.75) is 44.7 Å². The van der Waals surface area contributed by atoms with Crippen LogP contribution in [0.25, 0.3) is 10.8 Å². The molecule has 0 bridgehead atoms. The number of pyridine rings is 1. The summed E-state index contributed by atoms with van der Waals surface area (Å²) in [5, 5.41) is 5.77. The van der Waals surface area contributed by atoms with E-state index in [1.54, 1.807) is 0 Å². The van der Waals surface area contributed by atoms with Crippen LogP contribution < -0.4 is 10.2 Å². The SMILES string of the molecule is CNCc1cc2ccccc2c(N(C)C2CCCCC2)n1. The van der Waals surface area contributed by atoms with Gasteiger partial charge in [-0.05, 0) is 31.3 Å². The van der Waals surface area contributed by atoms with Crippen molar-refractivity contribution in [3.63, 3.8) is 0 Å². The lowest BCUT2D eigenvalue weighted by Gasteiger charge is -2.33. The Labute approximate surface area is 127 Å². The highest BCUT2D eigenvalue weighted by atomic mass is 15.2. The van der Waals surface area contributed by atoms with Gasteiger partial charge in [0.25, 0.3) is 0 Å². The highest BCUT2D eigenvalue weighted by Crippen LogP contribution is 2.30. The number of aromatic nitrogens is 1. The summed E-state index contributed by atoms with van der Waals surface area (Å²) in [7, 11) is 4.19. The smallest absolute Gasteiger partial charge is 0.136 e. The molecule has 1 fully saturated rings. The van der Waals surface area contributed by atoms with Crippen molar-refractivity contribution in [2.24, 2.45) is 0 Å². The Morgan fingerprint density at radius 1 is 1.19 bits per heavy atom. The van der Waals surface area contributed by atoms with Crippen molar-refractivity contribution in [1.82, 2.24) is 10.3 Å². The fourth-order valence-corrected chi connectivity index (χ4v) is 3.42. The lowest BCUT2D eigenvalue weighted by molar-refractivity contribution is 0.426. The molecule has 0 amide bonds. The zero-order valence-corrected chi connectivity index (χ0v) is 13.1. The van der Waals surface area contributed by atoms with Crippen molar-refractivity contribution in [3.8, 4) is 0 Å². The first-order chi connectivity index (χ1) is 10.3. The molecule has 112 valence electrons. The van der Waals surface area contributed by atoms with Gasteiger partial charge in [0.05, 0.1) is 5.69 Å². The average molecular weight is 283 g/mol. The average Bonchev–Trinajstić information content (AvgIpc) is 2.54. The Balaban J connectivity index is 2.01. The summed E-state index contributed by atoms with van der Waals surface area (Å²) in [5.74, 6) is 1.14. The van der Waals surface area contributed by atoms with Gasteiger partial charge in [-0.15, -0.1) is 0 Å². The minimum Gasteiger partial charge on any atom is -0.356 e. The van der Waals surface area contributed by atoms with Crippen LogP contribution in [0.3, 0.4) is 0 Å². The molecule has 0 aliphatic heterocycles. The van der Waals surface area contributed by atoms with E-state index >= 15 is 0 Å². The second kappa shape index (κ2) is 6.44. The number of rotatable bonds is 4. The minimum atomic E-state index is 0.638. The van der Waals surface area contributed by atoms with E-state index in [1.165, 1.54) is 42.9 Å². The second-order valence-corrected chi connectivity index (χ2v) is 6.09. The fraction of sp³-hybridized carbons (Fsp3) is 0.500. The first-order valence-corrected chi connectivity index (χ1v) is 8.05. The van der Waals surface area contributed by atoms with Gasteiger partial charge in [0.2, 0.25) is 0 Å². The van der Waals surface area contributed by atoms with Gasteiger partial charge in [-0.2, -0.15) is 0 Å². The third kappa shape index (κ3) is 3.03. The van der Waals surface area contributed by atoms with Gasteiger partial charge in [0, 0.05) is 25.0 Å². The summed E-state index contributed by atoms with van der Waals surface area (Å²) in [4.78, 5) is 7.35. The number of hydrogen-bond acceptors (Lipinski definition) is 3. The molecule has 3 rings (SSSR count). The highest BCUT2D eigenvalue weighted by molar-refractivity contribution is 5.92. The van der Waals surface area contributed by atoms with Gasteiger partial charge in [0.15, 0.2) is 0 Å². The first kappa shape index (κ1) is 14.3. The van der Waals surface area contributed by atoms with Gasteiger partial charge >= 0.3 is 0 Å². The van der Waals surface area contributed by atoms with Gasteiger partial charge in [-0.25, -0.2) is 4.98 Å².